The molecule has 0 N–H and O–H groups in total. The molecule has 0 fully saturated rings. The number of carbonyl (C=O) groups excluding carboxylic acids is 1. The summed E-state index contributed by atoms with van der Waals surface area (Å²) in [6, 6.07) is 0. The molecule has 4 heteroatoms. The molecule has 1 heterocycles. The first-order valence-electron chi connectivity index (χ1n) is 5.44. The van der Waals surface area contributed by atoms with Crippen LogP contribution >= 0.6 is 0 Å². The van der Waals surface area contributed by atoms with Crippen molar-refractivity contribution in [3.8, 4) is 0 Å². The van der Waals surface area contributed by atoms with Crippen molar-refractivity contribution in [1.29, 1.82) is 0 Å². The topological polar surface area (TPSA) is 44.1 Å². The standard InChI is InChI=1S/C13H18N2O2/c1-10(2)5-6-11-12(15(3)9-14-11)7-8-13(16)17-4/h5,7-9H,6H2,1-4H3. The van der Waals surface area contributed by atoms with E-state index in [0.717, 1.165) is 17.8 Å². The van der Waals surface area contributed by atoms with E-state index >= 15 is 0 Å². The van der Waals surface area contributed by atoms with Gasteiger partial charge in [0.15, 0.2) is 0 Å². The van der Waals surface area contributed by atoms with Gasteiger partial charge in [-0.2, -0.15) is 0 Å². The van der Waals surface area contributed by atoms with Crippen LogP contribution < -0.4 is 0 Å². The van der Waals surface area contributed by atoms with Crippen LogP contribution in [-0.2, 0) is 23.0 Å². The van der Waals surface area contributed by atoms with Crippen LogP contribution in [-0.4, -0.2) is 22.6 Å². The van der Waals surface area contributed by atoms with Gasteiger partial charge in [0.25, 0.3) is 0 Å². The first-order chi connectivity index (χ1) is 8.04. The molecule has 0 amide bonds. The summed E-state index contributed by atoms with van der Waals surface area (Å²) in [5.74, 6) is -0.362. The molecular weight excluding hydrogens is 216 g/mol. The van der Waals surface area contributed by atoms with Crippen LogP contribution in [0.25, 0.3) is 6.08 Å². The first kappa shape index (κ1) is 13.2. The molecule has 0 saturated carbocycles. The van der Waals surface area contributed by atoms with Gasteiger partial charge in [0.1, 0.15) is 0 Å². The number of rotatable bonds is 4. The Morgan fingerprint density at radius 3 is 2.82 bits per heavy atom. The molecule has 4 nitrogen and oxygen atoms in total. The van der Waals surface area contributed by atoms with Gasteiger partial charge in [0, 0.05) is 19.5 Å². The maximum absolute atomic E-state index is 11.0. The molecule has 0 atom stereocenters. The van der Waals surface area contributed by atoms with Crippen LogP contribution in [0.4, 0.5) is 0 Å². The Morgan fingerprint density at radius 1 is 1.53 bits per heavy atom. The zero-order valence-electron chi connectivity index (χ0n) is 10.7. The van der Waals surface area contributed by atoms with Crippen LogP contribution in [0.2, 0.25) is 0 Å². The number of imidazole rings is 1. The zero-order chi connectivity index (χ0) is 12.8. The minimum absolute atomic E-state index is 0.362. The Morgan fingerprint density at radius 2 is 2.24 bits per heavy atom. The quantitative estimate of drug-likeness (QED) is 0.455. The first-order valence-corrected chi connectivity index (χ1v) is 5.44. The summed E-state index contributed by atoms with van der Waals surface area (Å²) in [4.78, 5) is 15.4. The molecule has 17 heavy (non-hydrogen) atoms. The van der Waals surface area contributed by atoms with E-state index in [-0.39, 0.29) is 5.97 Å². The van der Waals surface area contributed by atoms with E-state index in [1.165, 1.54) is 18.8 Å². The molecule has 0 aromatic carbocycles. The Kier molecular flexibility index (Phi) is 4.69. The molecule has 0 unspecified atom stereocenters. The van der Waals surface area contributed by atoms with Crippen molar-refractivity contribution in [2.75, 3.05) is 7.11 Å². The van der Waals surface area contributed by atoms with Crippen molar-refractivity contribution in [3.05, 3.63) is 35.4 Å². The third-order valence-electron chi connectivity index (χ3n) is 2.34. The van der Waals surface area contributed by atoms with Crippen LogP contribution in [0.15, 0.2) is 24.1 Å². The van der Waals surface area contributed by atoms with Crippen molar-refractivity contribution in [2.45, 2.75) is 20.3 Å². The van der Waals surface area contributed by atoms with E-state index < -0.39 is 0 Å². The van der Waals surface area contributed by atoms with Gasteiger partial charge < -0.3 is 9.30 Å². The number of hydrogen-bond donors (Lipinski definition) is 0. The van der Waals surface area contributed by atoms with Crippen molar-refractivity contribution in [2.24, 2.45) is 7.05 Å². The van der Waals surface area contributed by atoms with Crippen molar-refractivity contribution in [3.63, 3.8) is 0 Å². The lowest BCUT2D eigenvalue weighted by molar-refractivity contribution is -0.134. The van der Waals surface area contributed by atoms with Gasteiger partial charge in [-0.05, 0) is 19.9 Å². The third-order valence-corrected chi connectivity index (χ3v) is 2.34. The number of carbonyl (C=O) groups is 1. The summed E-state index contributed by atoms with van der Waals surface area (Å²) in [5, 5.41) is 0. The number of methoxy groups -OCH3 is 1. The lowest BCUT2D eigenvalue weighted by atomic mass is 10.2. The van der Waals surface area contributed by atoms with Crippen LogP contribution in [0, 0.1) is 0 Å². The Bertz CT molecular complexity index is 452. The molecule has 0 aliphatic heterocycles. The molecule has 0 aliphatic rings. The van der Waals surface area contributed by atoms with Crippen molar-refractivity contribution >= 4 is 12.0 Å². The maximum Gasteiger partial charge on any atom is 0.330 e. The summed E-state index contributed by atoms with van der Waals surface area (Å²) < 4.78 is 6.44. The van der Waals surface area contributed by atoms with E-state index in [2.05, 4.69) is 15.8 Å². The third kappa shape index (κ3) is 3.90. The molecular formula is C13H18N2O2. The fraction of sp³-hybridized carbons (Fsp3) is 0.385. The summed E-state index contributed by atoms with van der Waals surface area (Å²) in [5.41, 5.74) is 3.13. The SMILES string of the molecule is COC(=O)C=Cc1c(CC=C(C)C)ncn1C. The van der Waals surface area contributed by atoms with E-state index in [1.54, 1.807) is 12.4 Å². The second-order valence-corrected chi connectivity index (χ2v) is 4.03. The molecule has 1 aromatic rings. The second kappa shape index (κ2) is 6.03. The summed E-state index contributed by atoms with van der Waals surface area (Å²) in [6.45, 7) is 4.10. The Hall–Kier alpha value is -1.84. The summed E-state index contributed by atoms with van der Waals surface area (Å²) in [7, 11) is 3.26. The van der Waals surface area contributed by atoms with Gasteiger partial charge in [-0.15, -0.1) is 0 Å². The van der Waals surface area contributed by atoms with Crippen molar-refractivity contribution in [1.82, 2.24) is 9.55 Å². The molecule has 1 aromatic heterocycles. The highest BCUT2D eigenvalue weighted by molar-refractivity contribution is 5.86. The Labute approximate surface area is 102 Å². The lowest BCUT2D eigenvalue weighted by Gasteiger charge is -1.99. The number of ether oxygens (including phenoxy) is 1. The second-order valence-electron chi connectivity index (χ2n) is 4.03. The number of esters is 1. The average molecular weight is 234 g/mol. The minimum Gasteiger partial charge on any atom is -0.466 e. The van der Waals surface area contributed by atoms with E-state index in [1.807, 2.05) is 25.5 Å². The van der Waals surface area contributed by atoms with Crippen LogP contribution in [0.1, 0.15) is 25.2 Å². The van der Waals surface area contributed by atoms with Gasteiger partial charge in [0.05, 0.1) is 24.8 Å². The normalized spacial score (nSPS) is 10.6. The largest absolute Gasteiger partial charge is 0.466 e. The van der Waals surface area contributed by atoms with Gasteiger partial charge in [-0.3, -0.25) is 0 Å². The Balaban J connectivity index is 2.90. The average Bonchev–Trinajstić information content (AvgIpc) is 2.64. The zero-order valence-corrected chi connectivity index (χ0v) is 10.7. The van der Waals surface area contributed by atoms with E-state index in [0.29, 0.717) is 0 Å². The number of nitrogens with zero attached hydrogens (tertiary/aromatic N) is 2. The monoisotopic (exact) mass is 234 g/mol. The molecule has 0 spiro atoms. The lowest BCUT2D eigenvalue weighted by Crippen LogP contribution is -1.96. The summed E-state index contributed by atoms with van der Waals surface area (Å²) >= 11 is 0. The van der Waals surface area contributed by atoms with Gasteiger partial charge in [-0.25, -0.2) is 9.78 Å². The fourth-order valence-electron chi connectivity index (χ4n) is 1.38. The molecule has 0 bridgehead atoms. The highest BCUT2D eigenvalue weighted by Gasteiger charge is 2.05. The van der Waals surface area contributed by atoms with E-state index in [4.69, 9.17) is 0 Å². The predicted octanol–water partition coefficient (Wildman–Crippen LogP) is 2.11. The molecule has 0 saturated heterocycles. The maximum atomic E-state index is 11.0. The van der Waals surface area contributed by atoms with Crippen LogP contribution in [0.3, 0.4) is 0 Å². The van der Waals surface area contributed by atoms with E-state index in [9.17, 15) is 4.79 Å². The highest BCUT2D eigenvalue weighted by atomic mass is 16.5. The predicted molar refractivity (Wildman–Crippen MR) is 67.4 cm³/mol. The number of hydrogen-bond acceptors (Lipinski definition) is 3. The van der Waals surface area contributed by atoms with Crippen LogP contribution in [0.5, 0.6) is 0 Å². The summed E-state index contributed by atoms with van der Waals surface area (Å²) in [6.07, 6.45) is 7.75. The highest BCUT2D eigenvalue weighted by Crippen LogP contribution is 2.10. The molecule has 0 aliphatic carbocycles. The van der Waals surface area contributed by atoms with Gasteiger partial charge in [0.2, 0.25) is 0 Å². The van der Waals surface area contributed by atoms with Gasteiger partial charge >= 0.3 is 5.97 Å². The molecule has 0 radical (unpaired) electrons. The van der Waals surface area contributed by atoms with Crippen molar-refractivity contribution < 1.29 is 9.53 Å². The minimum atomic E-state index is -0.362. The smallest absolute Gasteiger partial charge is 0.330 e. The van der Waals surface area contributed by atoms with Gasteiger partial charge in [-0.1, -0.05) is 11.6 Å². The molecule has 1 rings (SSSR count). The number of allylic oxidation sites excluding steroid dienone is 2. The fourth-order valence-corrected chi connectivity index (χ4v) is 1.38. The number of aryl methyl sites for hydroxylation is 1. The molecule has 92 valence electrons. The number of aromatic nitrogens is 2.